The number of imide groups is 1. The third-order valence-electron chi connectivity index (χ3n) is 3.99. The lowest BCUT2D eigenvalue weighted by molar-refractivity contribution is -0.123. The second-order valence-electron chi connectivity index (χ2n) is 6.25. The van der Waals surface area contributed by atoms with Gasteiger partial charge in [0, 0.05) is 0 Å². The second kappa shape index (κ2) is 12.5. The van der Waals surface area contributed by atoms with Gasteiger partial charge in [0.2, 0.25) is 0 Å². The van der Waals surface area contributed by atoms with Crippen LogP contribution in [0.25, 0.3) is 0 Å². The van der Waals surface area contributed by atoms with Crippen molar-refractivity contribution in [2.24, 2.45) is 0 Å². The lowest BCUT2D eigenvalue weighted by Gasteiger charge is -2.13. The van der Waals surface area contributed by atoms with E-state index in [9.17, 15) is 19.2 Å². The zero-order chi connectivity index (χ0) is 24.2. The molecule has 0 aliphatic heterocycles. The fourth-order valence-corrected chi connectivity index (χ4v) is 2.52. The summed E-state index contributed by atoms with van der Waals surface area (Å²) in [6.45, 7) is 0.667. The van der Waals surface area contributed by atoms with Crippen molar-refractivity contribution in [2.75, 3.05) is 39.4 Å². The number of anilines is 1. The van der Waals surface area contributed by atoms with Crippen molar-refractivity contribution in [3.63, 3.8) is 0 Å². The average molecular weight is 460 g/mol. The van der Waals surface area contributed by atoms with E-state index in [1.165, 1.54) is 32.4 Å². The summed E-state index contributed by atoms with van der Waals surface area (Å²) in [6, 6.07) is 11.0. The Labute approximate surface area is 189 Å². The van der Waals surface area contributed by atoms with Gasteiger partial charge in [-0.15, -0.1) is 0 Å². The van der Waals surface area contributed by atoms with Crippen LogP contribution in [0, 0.1) is 0 Å². The van der Waals surface area contributed by atoms with Crippen LogP contribution in [0.2, 0.25) is 0 Å². The van der Waals surface area contributed by atoms with E-state index in [0.29, 0.717) is 11.4 Å². The maximum Gasteiger partial charge on any atom is 0.413 e. The topological polar surface area (TPSA) is 138 Å². The summed E-state index contributed by atoms with van der Waals surface area (Å²) in [5, 5.41) is 4.58. The van der Waals surface area contributed by atoms with E-state index in [-0.39, 0.29) is 30.3 Å². The Balaban J connectivity index is 1.93. The highest BCUT2D eigenvalue weighted by atomic mass is 16.6. The quantitative estimate of drug-likeness (QED) is 0.511. The third kappa shape index (κ3) is 7.73. The van der Waals surface area contributed by atoms with Gasteiger partial charge in [-0.1, -0.05) is 12.1 Å². The first kappa shape index (κ1) is 25.0. The first-order valence-electron chi connectivity index (χ1n) is 9.75. The molecule has 0 aromatic heterocycles. The molecule has 0 bridgehead atoms. The summed E-state index contributed by atoms with van der Waals surface area (Å²) in [5.74, 6) is -1.21. The van der Waals surface area contributed by atoms with Crippen molar-refractivity contribution < 1.29 is 42.9 Å². The molecule has 2 aromatic rings. The number of benzene rings is 2. The van der Waals surface area contributed by atoms with Crippen LogP contribution in [0.5, 0.6) is 17.2 Å². The predicted molar refractivity (Wildman–Crippen MR) is 116 cm³/mol. The molecular weight excluding hydrogens is 436 g/mol. The summed E-state index contributed by atoms with van der Waals surface area (Å²) in [5.41, 5.74) is 0.562. The van der Waals surface area contributed by atoms with Crippen LogP contribution in [-0.4, -0.2) is 57.9 Å². The molecule has 11 heteroatoms. The van der Waals surface area contributed by atoms with Crippen LogP contribution < -0.4 is 24.8 Å². The number of ether oxygens (including phenoxy) is 5. The van der Waals surface area contributed by atoms with Gasteiger partial charge in [-0.25, -0.2) is 9.59 Å². The minimum absolute atomic E-state index is 0.0709. The van der Waals surface area contributed by atoms with Crippen molar-refractivity contribution in [3.8, 4) is 17.2 Å². The molecule has 0 saturated carbocycles. The number of alkyl carbamates (subject to hydrolysis) is 1. The number of carbonyl (C=O) groups excluding carboxylic acids is 4. The monoisotopic (exact) mass is 460 g/mol. The van der Waals surface area contributed by atoms with Crippen LogP contribution in [0.4, 0.5) is 10.5 Å². The number of rotatable bonds is 10. The number of para-hydroxylation sites is 2. The van der Waals surface area contributed by atoms with Gasteiger partial charge in [-0.3, -0.25) is 14.9 Å². The summed E-state index contributed by atoms with van der Waals surface area (Å²) in [4.78, 5) is 47.2. The fraction of sp³-hybridized carbons (Fsp3) is 0.273. The Morgan fingerprint density at radius 1 is 0.818 bits per heavy atom. The minimum atomic E-state index is -0.934. The molecule has 0 aliphatic carbocycles. The van der Waals surface area contributed by atoms with E-state index in [4.69, 9.17) is 18.9 Å². The zero-order valence-corrected chi connectivity index (χ0v) is 18.3. The molecule has 3 amide bonds. The number of nitrogens with one attached hydrogen (secondary N) is 2. The van der Waals surface area contributed by atoms with Gasteiger partial charge in [0.1, 0.15) is 5.75 Å². The SMILES string of the molecule is CCOC(=O)NC(=O)COC(=O)c1ccc(OCC(=O)Nc2ccccc2OC)c(OC)c1. The number of esters is 1. The van der Waals surface area contributed by atoms with Gasteiger partial charge < -0.3 is 29.0 Å². The molecule has 33 heavy (non-hydrogen) atoms. The van der Waals surface area contributed by atoms with Crippen LogP contribution in [0.3, 0.4) is 0 Å². The van der Waals surface area contributed by atoms with Crippen molar-refractivity contribution >= 4 is 29.6 Å². The van der Waals surface area contributed by atoms with E-state index in [2.05, 4.69) is 10.1 Å². The minimum Gasteiger partial charge on any atom is -0.495 e. The highest BCUT2D eigenvalue weighted by Gasteiger charge is 2.16. The molecule has 11 nitrogen and oxygen atoms in total. The Bertz CT molecular complexity index is 1010. The number of methoxy groups -OCH3 is 2. The first-order valence-corrected chi connectivity index (χ1v) is 9.75. The lowest BCUT2D eigenvalue weighted by atomic mass is 10.2. The molecule has 176 valence electrons. The number of amides is 3. The predicted octanol–water partition coefficient (Wildman–Crippen LogP) is 2.15. The molecule has 2 aromatic carbocycles. The molecular formula is C22H24N2O9. The van der Waals surface area contributed by atoms with Crippen LogP contribution in [0.1, 0.15) is 17.3 Å². The average Bonchev–Trinajstić information content (AvgIpc) is 2.81. The van der Waals surface area contributed by atoms with Crippen LogP contribution in [-0.2, 0) is 19.1 Å². The van der Waals surface area contributed by atoms with Crippen LogP contribution in [0.15, 0.2) is 42.5 Å². The van der Waals surface area contributed by atoms with Crippen molar-refractivity contribution in [2.45, 2.75) is 6.92 Å². The van der Waals surface area contributed by atoms with Gasteiger partial charge in [-0.2, -0.15) is 0 Å². The van der Waals surface area contributed by atoms with E-state index in [1.54, 1.807) is 31.2 Å². The van der Waals surface area contributed by atoms with E-state index in [1.807, 2.05) is 5.32 Å². The number of carbonyl (C=O) groups is 4. The van der Waals surface area contributed by atoms with Crippen molar-refractivity contribution in [1.82, 2.24) is 5.32 Å². The molecule has 0 saturated heterocycles. The number of hydrogen-bond acceptors (Lipinski definition) is 9. The van der Waals surface area contributed by atoms with Gasteiger partial charge >= 0.3 is 12.1 Å². The van der Waals surface area contributed by atoms with E-state index < -0.39 is 30.5 Å². The standard InChI is InChI=1S/C22H24N2O9/c1-4-31-22(28)24-20(26)13-33-21(27)14-9-10-17(18(11-14)30-3)32-12-19(25)23-15-7-5-6-8-16(15)29-2/h5-11H,4,12-13H2,1-3H3,(H,23,25)(H,24,26,28). The zero-order valence-electron chi connectivity index (χ0n) is 18.3. The molecule has 0 atom stereocenters. The molecule has 2 N–H and O–H groups in total. The summed E-state index contributed by atoms with van der Waals surface area (Å²) in [7, 11) is 2.85. The molecule has 0 fully saturated rings. The molecule has 0 spiro atoms. The summed E-state index contributed by atoms with van der Waals surface area (Å²) < 4.78 is 25.3. The van der Waals surface area contributed by atoms with E-state index in [0.717, 1.165) is 0 Å². The highest BCUT2D eigenvalue weighted by Crippen LogP contribution is 2.28. The van der Waals surface area contributed by atoms with E-state index >= 15 is 0 Å². The summed E-state index contributed by atoms with van der Waals surface area (Å²) in [6.07, 6.45) is -0.934. The van der Waals surface area contributed by atoms with Crippen LogP contribution >= 0.6 is 0 Å². The van der Waals surface area contributed by atoms with Crippen molar-refractivity contribution in [3.05, 3.63) is 48.0 Å². The van der Waals surface area contributed by atoms with Crippen molar-refractivity contribution in [1.29, 1.82) is 0 Å². The van der Waals surface area contributed by atoms with Gasteiger partial charge in [0.05, 0.1) is 32.1 Å². The molecule has 0 unspecified atom stereocenters. The number of hydrogen-bond donors (Lipinski definition) is 2. The molecule has 0 aliphatic rings. The molecule has 2 rings (SSSR count). The van der Waals surface area contributed by atoms with Gasteiger partial charge in [0.15, 0.2) is 24.7 Å². The first-order chi connectivity index (χ1) is 15.9. The van der Waals surface area contributed by atoms with Gasteiger partial charge in [0.25, 0.3) is 11.8 Å². The summed E-state index contributed by atoms with van der Waals surface area (Å²) >= 11 is 0. The maximum absolute atomic E-state index is 12.2. The Hall–Kier alpha value is -4.28. The fourth-order valence-electron chi connectivity index (χ4n) is 2.52. The highest BCUT2D eigenvalue weighted by molar-refractivity contribution is 5.96. The Morgan fingerprint density at radius 2 is 1.55 bits per heavy atom. The van der Waals surface area contributed by atoms with Gasteiger partial charge in [-0.05, 0) is 37.3 Å². The maximum atomic E-state index is 12.2. The molecule has 0 heterocycles. The largest absolute Gasteiger partial charge is 0.495 e. The second-order valence-corrected chi connectivity index (χ2v) is 6.25. The Kier molecular flexibility index (Phi) is 9.50. The lowest BCUT2D eigenvalue weighted by Crippen LogP contribution is -2.34. The normalized spacial score (nSPS) is 9.91. The smallest absolute Gasteiger partial charge is 0.413 e. The third-order valence-corrected chi connectivity index (χ3v) is 3.99. The molecule has 0 radical (unpaired) electrons. The Morgan fingerprint density at radius 3 is 2.24 bits per heavy atom.